The van der Waals surface area contributed by atoms with Crippen LogP contribution in [0, 0.1) is 0 Å². The number of nitrogens with two attached hydrogens (primary N) is 1. The van der Waals surface area contributed by atoms with Crippen LogP contribution in [-0.4, -0.2) is 21.7 Å². The van der Waals surface area contributed by atoms with Crippen LogP contribution in [0.3, 0.4) is 0 Å². The van der Waals surface area contributed by atoms with E-state index in [4.69, 9.17) is 10.5 Å². The van der Waals surface area contributed by atoms with Gasteiger partial charge in [-0.05, 0) is 39.5 Å². The molecule has 2 unspecified atom stereocenters. The average Bonchev–Trinajstić information content (AvgIpc) is 2.74. The monoisotopic (exact) mass is 237 g/mol. The van der Waals surface area contributed by atoms with Crippen LogP contribution in [0.2, 0.25) is 0 Å². The minimum Gasteiger partial charge on any atom is -0.372 e. The molecule has 1 aromatic heterocycles. The molecule has 2 N–H and O–H groups in total. The highest BCUT2D eigenvalue weighted by atomic mass is 16.5. The highest BCUT2D eigenvalue weighted by Gasteiger charge is 2.20. The molecule has 1 fully saturated rings. The summed E-state index contributed by atoms with van der Waals surface area (Å²) in [4.78, 5) is 4.18. The number of aromatic nitrogens is 2. The maximum absolute atomic E-state index is 5.95. The molecule has 2 atom stereocenters. The van der Waals surface area contributed by atoms with E-state index in [1.54, 1.807) is 0 Å². The fraction of sp³-hybridized carbons (Fsp3) is 0.769. The van der Waals surface area contributed by atoms with Gasteiger partial charge in [-0.2, -0.15) is 0 Å². The molecule has 2 rings (SSSR count). The van der Waals surface area contributed by atoms with Gasteiger partial charge >= 0.3 is 0 Å². The molecule has 0 amide bonds. The molecular formula is C13H23N3O. The molecule has 0 spiro atoms. The highest BCUT2D eigenvalue weighted by Crippen LogP contribution is 2.21. The van der Waals surface area contributed by atoms with Gasteiger partial charge in [-0.15, -0.1) is 0 Å². The third kappa shape index (κ3) is 3.30. The van der Waals surface area contributed by atoms with Gasteiger partial charge in [-0.25, -0.2) is 4.98 Å². The highest BCUT2D eigenvalue weighted by molar-refractivity contribution is 4.98. The van der Waals surface area contributed by atoms with Crippen molar-refractivity contribution in [3.8, 4) is 0 Å². The van der Waals surface area contributed by atoms with Crippen LogP contribution in [-0.2, 0) is 11.3 Å². The third-order valence-electron chi connectivity index (χ3n) is 3.44. The van der Waals surface area contributed by atoms with Gasteiger partial charge in [-0.3, -0.25) is 0 Å². The summed E-state index contributed by atoms with van der Waals surface area (Å²) in [6, 6.07) is 0.758. The maximum atomic E-state index is 5.95. The lowest BCUT2D eigenvalue weighted by molar-refractivity contribution is 0.00913. The van der Waals surface area contributed by atoms with Crippen LogP contribution in [0.25, 0.3) is 0 Å². The van der Waals surface area contributed by atoms with E-state index in [0.717, 1.165) is 25.0 Å². The summed E-state index contributed by atoms with van der Waals surface area (Å²) in [6.07, 6.45) is 8.56. The molecule has 0 bridgehead atoms. The molecule has 4 heteroatoms. The molecule has 1 aliphatic rings. The minimum atomic E-state index is 0.323. The molecule has 1 saturated carbocycles. The Balaban J connectivity index is 1.86. The second kappa shape index (κ2) is 5.65. The number of rotatable bonds is 4. The summed E-state index contributed by atoms with van der Waals surface area (Å²) in [6.45, 7) is 4.96. The van der Waals surface area contributed by atoms with E-state index in [1.807, 2.05) is 12.5 Å². The van der Waals surface area contributed by atoms with Gasteiger partial charge in [0.2, 0.25) is 0 Å². The lowest BCUT2D eigenvalue weighted by atomic mass is 9.94. The molecule has 4 nitrogen and oxygen atoms in total. The Hall–Kier alpha value is -0.870. The van der Waals surface area contributed by atoms with Gasteiger partial charge in [0.05, 0.1) is 30.9 Å². The Morgan fingerprint density at radius 2 is 2.35 bits per heavy atom. The summed E-state index contributed by atoms with van der Waals surface area (Å²) in [5.41, 5.74) is 7.11. The first-order chi connectivity index (χ1) is 8.16. The molecule has 17 heavy (non-hydrogen) atoms. The second-order valence-electron chi connectivity index (χ2n) is 5.25. The molecule has 1 heterocycles. The summed E-state index contributed by atoms with van der Waals surface area (Å²) < 4.78 is 8.10. The fourth-order valence-corrected chi connectivity index (χ4v) is 2.44. The summed E-state index contributed by atoms with van der Waals surface area (Å²) in [7, 11) is 0. The van der Waals surface area contributed by atoms with Crippen LogP contribution in [0.5, 0.6) is 0 Å². The molecule has 0 aromatic carbocycles. The SMILES string of the molecule is CC(C)n1cncc1COC1CCCC(N)C1. The van der Waals surface area contributed by atoms with E-state index in [9.17, 15) is 0 Å². The van der Waals surface area contributed by atoms with E-state index >= 15 is 0 Å². The number of nitrogens with zero attached hydrogens (tertiary/aromatic N) is 2. The van der Waals surface area contributed by atoms with Gasteiger partial charge in [0.25, 0.3) is 0 Å². The van der Waals surface area contributed by atoms with Crippen molar-refractivity contribution < 1.29 is 4.74 Å². The zero-order chi connectivity index (χ0) is 12.3. The molecule has 0 aliphatic heterocycles. The summed E-state index contributed by atoms with van der Waals surface area (Å²) in [5.74, 6) is 0. The first-order valence-corrected chi connectivity index (χ1v) is 6.54. The molecule has 0 saturated heterocycles. The molecule has 96 valence electrons. The number of imidazole rings is 1. The minimum absolute atomic E-state index is 0.323. The number of hydrogen-bond donors (Lipinski definition) is 1. The third-order valence-corrected chi connectivity index (χ3v) is 3.44. The normalized spacial score (nSPS) is 25.4. The van der Waals surface area contributed by atoms with Gasteiger partial charge in [0.15, 0.2) is 0 Å². The van der Waals surface area contributed by atoms with Crippen molar-refractivity contribution in [3.63, 3.8) is 0 Å². The molecular weight excluding hydrogens is 214 g/mol. The van der Waals surface area contributed by atoms with Gasteiger partial charge in [0.1, 0.15) is 0 Å². The van der Waals surface area contributed by atoms with Crippen LogP contribution >= 0.6 is 0 Å². The van der Waals surface area contributed by atoms with Crippen molar-refractivity contribution in [2.45, 2.75) is 64.3 Å². The van der Waals surface area contributed by atoms with Crippen molar-refractivity contribution in [2.24, 2.45) is 5.73 Å². The molecule has 1 aromatic rings. The van der Waals surface area contributed by atoms with Crippen LogP contribution in [0.4, 0.5) is 0 Å². The fourth-order valence-electron chi connectivity index (χ4n) is 2.44. The largest absolute Gasteiger partial charge is 0.372 e. The Labute approximate surface area is 103 Å². The van der Waals surface area contributed by atoms with Gasteiger partial charge in [-0.1, -0.05) is 0 Å². The zero-order valence-electron chi connectivity index (χ0n) is 10.8. The lowest BCUT2D eigenvalue weighted by Crippen LogP contribution is -2.32. The first kappa shape index (κ1) is 12.6. The quantitative estimate of drug-likeness (QED) is 0.874. The van der Waals surface area contributed by atoms with Gasteiger partial charge in [0, 0.05) is 12.1 Å². The molecule has 0 radical (unpaired) electrons. The summed E-state index contributed by atoms with van der Waals surface area (Å²) in [5, 5.41) is 0. The molecule has 1 aliphatic carbocycles. The van der Waals surface area contributed by atoms with E-state index < -0.39 is 0 Å². The average molecular weight is 237 g/mol. The Morgan fingerprint density at radius 1 is 1.53 bits per heavy atom. The topological polar surface area (TPSA) is 53.1 Å². The first-order valence-electron chi connectivity index (χ1n) is 6.54. The van der Waals surface area contributed by atoms with Crippen molar-refractivity contribution in [2.75, 3.05) is 0 Å². The van der Waals surface area contributed by atoms with Crippen molar-refractivity contribution in [1.29, 1.82) is 0 Å². The maximum Gasteiger partial charge on any atom is 0.0951 e. The Morgan fingerprint density at radius 3 is 3.06 bits per heavy atom. The van der Waals surface area contributed by atoms with Gasteiger partial charge < -0.3 is 15.0 Å². The number of hydrogen-bond acceptors (Lipinski definition) is 3. The predicted octanol–water partition coefficient (Wildman–Crippen LogP) is 2.25. The smallest absolute Gasteiger partial charge is 0.0951 e. The van der Waals surface area contributed by atoms with Crippen molar-refractivity contribution in [3.05, 3.63) is 18.2 Å². The Kier molecular flexibility index (Phi) is 4.18. The van der Waals surface area contributed by atoms with E-state index in [1.165, 1.54) is 6.42 Å². The lowest BCUT2D eigenvalue weighted by Gasteiger charge is -2.26. The van der Waals surface area contributed by atoms with Crippen LogP contribution in [0.15, 0.2) is 12.5 Å². The van der Waals surface area contributed by atoms with Crippen LogP contribution < -0.4 is 5.73 Å². The van der Waals surface area contributed by atoms with Crippen molar-refractivity contribution >= 4 is 0 Å². The zero-order valence-corrected chi connectivity index (χ0v) is 10.8. The number of ether oxygens (including phenoxy) is 1. The van der Waals surface area contributed by atoms with E-state index in [-0.39, 0.29) is 0 Å². The van der Waals surface area contributed by atoms with E-state index in [2.05, 4.69) is 23.4 Å². The standard InChI is InChI=1S/C13H23N3O/c1-10(2)16-9-15-7-12(16)8-17-13-5-3-4-11(14)6-13/h7,9-11,13H,3-6,8,14H2,1-2H3. The van der Waals surface area contributed by atoms with E-state index in [0.29, 0.717) is 24.8 Å². The van der Waals surface area contributed by atoms with Crippen LogP contribution in [0.1, 0.15) is 51.3 Å². The summed E-state index contributed by atoms with van der Waals surface area (Å²) >= 11 is 0. The Bertz CT molecular complexity index is 348. The predicted molar refractivity (Wildman–Crippen MR) is 67.6 cm³/mol. The second-order valence-corrected chi connectivity index (χ2v) is 5.25. The van der Waals surface area contributed by atoms with Crippen molar-refractivity contribution in [1.82, 2.24) is 9.55 Å².